The van der Waals surface area contributed by atoms with E-state index in [-0.39, 0.29) is 12.0 Å². The van der Waals surface area contributed by atoms with Gasteiger partial charge in [-0.15, -0.1) is 11.6 Å². The molecule has 0 aromatic heterocycles. The van der Waals surface area contributed by atoms with Crippen LogP contribution in [0.1, 0.15) is 6.92 Å². The van der Waals surface area contributed by atoms with Crippen LogP contribution in [0.25, 0.3) is 0 Å². The summed E-state index contributed by atoms with van der Waals surface area (Å²) in [5.74, 6) is 0. The normalized spacial score (nSPS) is 20.0. The van der Waals surface area contributed by atoms with Gasteiger partial charge in [0.15, 0.2) is 0 Å². The van der Waals surface area contributed by atoms with Gasteiger partial charge in [0.25, 0.3) is 0 Å². The molecule has 2 unspecified atom stereocenters. The number of hydrogen-bond acceptors (Lipinski definition) is 3. The number of hydrogen-bond donors (Lipinski definition) is 1. The largest absolute Gasteiger partial charge is 0.471 e. The summed E-state index contributed by atoms with van der Waals surface area (Å²) in [6, 6.07) is 0. The molecular formula is C4H10ClO4P. The summed E-state index contributed by atoms with van der Waals surface area (Å²) < 4.78 is 19.1. The molecule has 0 amide bonds. The van der Waals surface area contributed by atoms with Crippen molar-refractivity contribution in [3.05, 3.63) is 0 Å². The monoisotopic (exact) mass is 188 g/mol. The molecule has 4 nitrogen and oxygen atoms in total. The minimum atomic E-state index is -3.81. The molecule has 0 fully saturated rings. The van der Waals surface area contributed by atoms with Crippen LogP contribution >= 0.6 is 19.4 Å². The quantitative estimate of drug-likeness (QED) is 0.535. The summed E-state index contributed by atoms with van der Waals surface area (Å²) >= 11 is 5.43. The summed E-state index contributed by atoms with van der Waals surface area (Å²) in [4.78, 5) is 8.62. The summed E-state index contributed by atoms with van der Waals surface area (Å²) in [7, 11) is -2.71. The van der Waals surface area contributed by atoms with Crippen LogP contribution in [0, 0.1) is 0 Å². The Morgan fingerprint density at radius 3 is 2.60 bits per heavy atom. The van der Waals surface area contributed by atoms with Crippen LogP contribution in [-0.2, 0) is 13.6 Å². The molecule has 0 saturated carbocycles. The van der Waals surface area contributed by atoms with Crippen LogP contribution in [0.3, 0.4) is 0 Å². The van der Waals surface area contributed by atoms with Gasteiger partial charge in [0.2, 0.25) is 0 Å². The maximum absolute atomic E-state index is 10.5. The zero-order valence-corrected chi connectivity index (χ0v) is 7.43. The summed E-state index contributed by atoms with van der Waals surface area (Å²) in [6.45, 7) is 1.65. The molecule has 0 spiro atoms. The fourth-order valence-corrected chi connectivity index (χ4v) is 0.918. The minimum Gasteiger partial charge on any atom is -0.303 e. The van der Waals surface area contributed by atoms with Gasteiger partial charge in [-0.05, 0) is 6.92 Å². The van der Waals surface area contributed by atoms with Crippen LogP contribution < -0.4 is 0 Å². The molecule has 6 heteroatoms. The van der Waals surface area contributed by atoms with Gasteiger partial charge in [0.1, 0.15) is 0 Å². The Morgan fingerprint density at radius 2 is 2.30 bits per heavy atom. The Balaban J connectivity index is 3.58. The van der Waals surface area contributed by atoms with E-state index in [1.54, 1.807) is 6.92 Å². The first-order valence-electron chi connectivity index (χ1n) is 2.65. The molecule has 0 aliphatic heterocycles. The smallest absolute Gasteiger partial charge is 0.303 e. The molecule has 2 atom stereocenters. The minimum absolute atomic E-state index is 0.00315. The van der Waals surface area contributed by atoms with Gasteiger partial charge in [-0.3, -0.25) is 9.05 Å². The Labute approximate surface area is 64.7 Å². The van der Waals surface area contributed by atoms with E-state index in [2.05, 4.69) is 9.05 Å². The Bertz CT molecular complexity index is 137. The van der Waals surface area contributed by atoms with Crippen molar-refractivity contribution < 1.29 is 18.5 Å². The number of halogens is 1. The molecule has 0 heterocycles. The van der Waals surface area contributed by atoms with Gasteiger partial charge in [-0.2, -0.15) is 0 Å². The van der Waals surface area contributed by atoms with Gasteiger partial charge < -0.3 is 4.89 Å². The highest BCUT2D eigenvalue weighted by Gasteiger charge is 2.18. The van der Waals surface area contributed by atoms with Gasteiger partial charge in [0.05, 0.1) is 12.0 Å². The van der Waals surface area contributed by atoms with E-state index >= 15 is 0 Å². The Morgan fingerprint density at radius 1 is 1.80 bits per heavy atom. The van der Waals surface area contributed by atoms with E-state index in [0.717, 1.165) is 7.11 Å². The molecular weight excluding hydrogens is 178 g/mol. The standard InChI is InChI=1S/C4H10ClO4P/c1-4(5)3-9-10(6,7)8-2/h4H,3H2,1-2H3,(H,6,7). The van der Waals surface area contributed by atoms with E-state index in [9.17, 15) is 4.57 Å². The summed E-state index contributed by atoms with van der Waals surface area (Å²) in [6.07, 6.45) is 0. The average Bonchev–Trinajstić information content (AvgIpc) is 1.85. The van der Waals surface area contributed by atoms with Crippen molar-refractivity contribution in [2.75, 3.05) is 13.7 Å². The molecule has 0 saturated heterocycles. The van der Waals surface area contributed by atoms with Crippen molar-refractivity contribution in [3.8, 4) is 0 Å². The van der Waals surface area contributed by atoms with Crippen molar-refractivity contribution in [3.63, 3.8) is 0 Å². The zero-order valence-electron chi connectivity index (χ0n) is 5.78. The van der Waals surface area contributed by atoms with Crippen molar-refractivity contribution in [2.45, 2.75) is 12.3 Å². The van der Waals surface area contributed by atoms with Gasteiger partial charge in [-0.1, -0.05) is 0 Å². The first-order chi connectivity index (χ1) is 4.48. The van der Waals surface area contributed by atoms with Gasteiger partial charge in [-0.25, -0.2) is 4.57 Å². The summed E-state index contributed by atoms with van der Waals surface area (Å²) in [5.41, 5.74) is 0. The molecule has 0 aromatic carbocycles. The fourth-order valence-electron chi connectivity index (χ4n) is 0.250. The number of alkyl halides is 1. The SMILES string of the molecule is COP(=O)(O)OCC(C)Cl. The molecule has 0 bridgehead atoms. The topological polar surface area (TPSA) is 55.8 Å². The first-order valence-corrected chi connectivity index (χ1v) is 4.58. The van der Waals surface area contributed by atoms with Crippen LogP contribution in [0.5, 0.6) is 0 Å². The third-order valence-electron chi connectivity index (χ3n) is 0.698. The lowest BCUT2D eigenvalue weighted by atomic mass is 10.5. The van der Waals surface area contributed by atoms with Crippen LogP contribution in [0.4, 0.5) is 0 Å². The van der Waals surface area contributed by atoms with E-state index < -0.39 is 7.82 Å². The lowest BCUT2D eigenvalue weighted by molar-refractivity contribution is 0.174. The van der Waals surface area contributed by atoms with Crippen LogP contribution in [0.2, 0.25) is 0 Å². The molecule has 10 heavy (non-hydrogen) atoms. The molecule has 0 rings (SSSR count). The van der Waals surface area contributed by atoms with Crippen LogP contribution in [-0.4, -0.2) is 24.0 Å². The van der Waals surface area contributed by atoms with Crippen molar-refractivity contribution in [2.24, 2.45) is 0 Å². The highest BCUT2D eigenvalue weighted by Crippen LogP contribution is 2.41. The first kappa shape index (κ1) is 10.4. The van der Waals surface area contributed by atoms with Crippen molar-refractivity contribution >= 4 is 19.4 Å². The highest BCUT2D eigenvalue weighted by molar-refractivity contribution is 7.47. The highest BCUT2D eigenvalue weighted by atomic mass is 35.5. The second-order valence-electron chi connectivity index (χ2n) is 1.73. The predicted molar refractivity (Wildman–Crippen MR) is 38.1 cm³/mol. The lowest BCUT2D eigenvalue weighted by Crippen LogP contribution is -2.03. The molecule has 0 aromatic rings. The van der Waals surface area contributed by atoms with E-state index in [0.29, 0.717) is 0 Å². The van der Waals surface area contributed by atoms with Crippen LogP contribution in [0.15, 0.2) is 0 Å². The maximum atomic E-state index is 10.5. The van der Waals surface area contributed by atoms with Crippen molar-refractivity contribution in [1.82, 2.24) is 0 Å². The second kappa shape index (κ2) is 4.31. The van der Waals surface area contributed by atoms with E-state index in [1.807, 2.05) is 0 Å². The second-order valence-corrected chi connectivity index (χ2v) is 4.03. The average molecular weight is 189 g/mol. The Kier molecular flexibility index (Phi) is 4.49. The van der Waals surface area contributed by atoms with Gasteiger partial charge in [0, 0.05) is 7.11 Å². The number of phosphoric acid groups is 1. The van der Waals surface area contributed by atoms with E-state index in [1.165, 1.54) is 0 Å². The molecule has 0 radical (unpaired) electrons. The maximum Gasteiger partial charge on any atom is 0.471 e. The number of rotatable bonds is 4. The number of phosphoric ester groups is 1. The molecule has 1 N–H and O–H groups in total. The zero-order chi connectivity index (χ0) is 8.20. The molecule has 0 aliphatic rings. The lowest BCUT2D eigenvalue weighted by Gasteiger charge is -2.09. The van der Waals surface area contributed by atoms with E-state index in [4.69, 9.17) is 16.5 Å². The van der Waals surface area contributed by atoms with Gasteiger partial charge >= 0.3 is 7.82 Å². The Hall–Kier alpha value is 0.400. The molecule has 0 aliphatic carbocycles. The summed E-state index contributed by atoms with van der Waals surface area (Å²) in [5, 5.41) is -0.296. The molecule has 62 valence electrons. The third-order valence-corrected chi connectivity index (χ3v) is 1.76. The third kappa shape index (κ3) is 5.21. The predicted octanol–water partition coefficient (Wildman–Crippen LogP) is 1.38. The fraction of sp³-hybridized carbons (Fsp3) is 1.00. The van der Waals surface area contributed by atoms with Crippen molar-refractivity contribution in [1.29, 1.82) is 0 Å².